The van der Waals surface area contributed by atoms with Crippen LogP contribution in [0.1, 0.15) is 31.9 Å². The number of likely N-dealkylation sites (tertiary alicyclic amines) is 1. The highest BCUT2D eigenvalue weighted by Gasteiger charge is 2.57. The molecule has 3 rings (SSSR count). The number of halogens is 4. The van der Waals surface area contributed by atoms with Crippen molar-refractivity contribution in [3.63, 3.8) is 0 Å². The van der Waals surface area contributed by atoms with Crippen molar-refractivity contribution in [3.05, 3.63) is 47.0 Å². The zero-order chi connectivity index (χ0) is 27.9. The van der Waals surface area contributed by atoms with Gasteiger partial charge in [0.25, 0.3) is 5.92 Å². The summed E-state index contributed by atoms with van der Waals surface area (Å²) in [5.41, 5.74) is 4.51. The number of pyridine rings is 1. The summed E-state index contributed by atoms with van der Waals surface area (Å²) < 4.78 is 95.4. The van der Waals surface area contributed by atoms with Gasteiger partial charge < -0.3 is 15.2 Å². The van der Waals surface area contributed by atoms with E-state index >= 15 is 4.39 Å². The van der Waals surface area contributed by atoms with E-state index in [0.29, 0.717) is 11.2 Å². The number of carbonyl (C=O) groups excluding carboxylic acids is 1. The van der Waals surface area contributed by atoms with Crippen molar-refractivity contribution in [2.75, 3.05) is 18.5 Å². The standard InChI is InChI=1S/C23H28F4N4O5S/c1-12-9-14(24)19(28)29-20(12)35-16-8-6-7-13(17(16)25)10-15-18(30-37(5,33)34)23(26,27)11-31(15)21(32)36-22(2,3)4/h6-9,15,18,30H,10-11H2,1-5H3,(H2,28,29)/t15-,18+/m0/s1. The van der Waals surface area contributed by atoms with E-state index in [1.165, 1.54) is 25.1 Å². The molecule has 1 fully saturated rings. The number of aromatic nitrogens is 1. The van der Waals surface area contributed by atoms with Gasteiger partial charge in [0.2, 0.25) is 15.9 Å². The number of amides is 1. The second kappa shape index (κ2) is 9.97. The van der Waals surface area contributed by atoms with E-state index in [4.69, 9.17) is 15.2 Å². The van der Waals surface area contributed by atoms with Crippen LogP contribution in [-0.2, 0) is 21.2 Å². The number of hydrogen-bond acceptors (Lipinski definition) is 7. The predicted molar refractivity (Wildman–Crippen MR) is 127 cm³/mol. The second-order valence-corrected chi connectivity index (χ2v) is 11.6. The highest BCUT2D eigenvalue weighted by molar-refractivity contribution is 7.88. The van der Waals surface area contributed by atoms with Crippen molar-refractivity contribution in [1.29, 1.82) is 0 Å². The summed E-state index contributed by atoms with van der Waals surface area (Å²) in [6, 6.07) is 1.38. The molecule has 1 aliphatic rings. The first-order chi connectivity index (χ1) is 16.9. The molecular formula is C23H28F4N4O5S. The number of nitrogens with two attached hydrogens (primary N) is 1. The van der Waals surface area contributed by atoms with Gasteiger partial charge in [-0.15, -0.1) is 0 Å². The van der Waals surface area contributed by atoms with Crippen molar-refractivity contribution >= 4 is 21.9 Å². The first-order valence-electron chi connectivity index (χ1n) is 11.1. The first kappa shape index (κ1) is 28.4. The Morgan fingerprint density at radius 1 is 1.30 bits per heavy atom. The third kappa shape index (κ3) is 6.80. The van der Waals surface area contributed by atoms with Crippen LogP contribution in [0.3, 0.4) is 0 Å². The fraction of sp³-hybridized carbons (Fsp3) is 0.478. The number of nitrogens with one attached hydrogen (secondary N) is 1. The SMILES string of the molecule is Cc1cc(F)c(N)nc1Oc1cccc(C[C@H]2[C@@H](NS(C)(=O)=O)C(F)(F)CN2C(=O)OC(C)(C)C)c1F. The summed E-state index contributed by atoms with van der Waals surface area (Å²) >= 11 is 0. The van der Waals surface area contributed by atoms with Crippen molar-refractivity contribution < 1.29 is 40.2 Å². The van der Waals surface area contributed by atoms with E-state index in [2.05, 4.69) is 4.98 Å². The summed E-state index contributed by atoms with van der Waals surface area (Å²) in [6.07, 6.45) is -0.915. The number of nitrogen functional groups attached to an aromatic ring is 1. The number of nitrogens with zero attached hydrogens (tertiary/aromatic N) is 2. The van der Waals surface area contributed by atoms with E-state index in [1.807, 2.05) is 4.72 Å². The van der Waals surface area contributed by atoms with Crippen LogP contribution in [0.4, 0.5) is 28.2 Å². The Morgan fingerprint density at radius 3 is 2.54 bits per heavy atom. The van der Waals surface area contributed by atoms with Crippen LogP contribution >= 0.6 is 0 Å². The van der Waals surface area contributed by atoms with Gasteiger partial charge in [-0.05, 0) is 51.8 Å². The summed E-state index contributed by atoms with van der Waals surface area (Å²) in [5, 5.41) is 0. The lowest BCUT2D eigenvalue weighted by Gasteiger charge is -2.30. The Hall–Kier alpha value is -3.13. The number of benzene rings is 1. The van der Waals surface area contributed by atoms with Gasteiger partial charge in [-0.1, -0.05) is 12.1 Å². The molecule has 37 heavy (non-hydrogen) atoms. The molecule has 2 aromatic rings. The third-order valence-electron chi connectivity index (χ3n) is 5.42. The molecule has 0 aliphatic carbocycles. The third-order valence-corrected chi connectivity index (χ3v) is 6.10. The number of alkyl halides is 2. The number of rotatable bonds is 6. The molecule has 1 amide bonds. The van der Waals surface area contributed by atoms with Gasteiger partial charge in [0.05, 0.1) is 18.8 Å². The van der Waals surface area contributed by atoms with Crippen LogP contribution in [0.15, 0.2) is 24.3 Å². The minimum atomic E-state index is -4.14. The van der Waals surface area contributed by atoms with E-state index in [1.54, 1.807) is 20.8 Å². The molecule has 2 atom stereocenters. The maximum atomic E-state index is 15.5. The molecule has 0 saturated carbocycles. The van der Waals surface area contributed by atoms with Gasteiger partial charge in [-0.25, -0.2) is 35.5 Å². The zero-order valence-corrected chi connectivity index (χ0v) is 21.6. The van der Waals surface area contributed by atoms with Crippen LogP contribution in [0.2, 0.25) is 0 Å². The van der Waals surface area contributed by atoms with Gasteiger partial charge >= 0.3 is 6.09 Å². The topological polar surface area (TPSA) is 124 Å². The largest absolute Gasteiger partial charge is 0.444 e. The molecule has 9 nitrogen and oxygen atoms in total. The first-order valence-corrected chi connectivity index (χ1v) is 13.0. The van der Waals surface area contributed by atoms with Gasteiger partial charge in [-0.3, -0.25) is 4.90 Å². The Morgan fingerprint density at radius 2 is 1.95 bits per heavy atom. The van der Waals surface area contributed by atoms with Crippen molar-refractivity contribution in [1.82, 2.24) is 14.6 Å². The lowest BCUT2D eigenvalue weighted by molar-refractivity contribution is -0.0122. The molecule has 1 aliphatic heterocycles. The highest BCUT2D eigenvalue weighted by atomic mass is 32.2. The highest BCUT2D eigenvalue weighted by Crippen LogP contribution is 2.37. The van der Waals surface area contributed by atoms with E-state index in [0.717, 1.165) is 6.07 Å². The summed E-state index contributed by atoms with van der Waals surface area (Å²) in [6.45, 7) is 4.94. The molecule has 0 spiro atoms. The molecule has 1 aromatic heterocycles. The molecule has 2 heterocycles. The fourth-order valence-corrected chi connectivity index (χ4v) is 4.64. The normalized spacial score (nSPS) is 19.6. The molecule has 1 saturated heterocycles. The Balaban J connectivity index is 1.99. The Bertz CT molecular complexity index is 1300. The summed E-state index contributed by atoms with van der Waals surface area (Å²) in [7, 11) is -4.14. The van der Waals surface area contributed by atoms with Gasteiger partial charge in [0.1, 0.15) is 11.6 Å². The van der Waals surface area contributed by atoms with Crippen molar-refractivity contribution in [2.24, 2.45) is 0 Å². The second-order valence-electron chi connectivity index (χ2n) is 9.82. The van der Waals surface area contributed by atoms with Crippen LogP contribution < -0.4 is 15.2 Å². The molecule has 14 heteroatoms. The number of sulfonamides is 1. The van der Waals surface area contributed by atoms with E-state index < -0.39 is 70.1 Å². The van der Waals surface area contributed by atoms with Crippen molar-refractivity contribution in [3.8, 4) is 11.6 Å². The molecule has 0 radical (unpaired) electrons. The summed E-state index contributed by atoms with van der Waals surface area (Å²) in [5.74, 6) is -6.43. The molecular weight excluding hydrogens is 520 g/mol. The van der Waals surface area contributed by atoms with Crippen LogP contribution in [-0.4, -0.2) is 60.8 Å². The maximum Gasteiger partial charge on any atom is 0.410 e. The number of hydrogen-bond donors (Lipinski definition) is 2. The molecule has 0 bridgehead atoms. The van der Waals surface area contributed by atoms with Gasteiger partial charge in [-0.2, -0.15) is 4.98 Å². The van der Waals surface area contributed by atoms with Gasteiger partial charge in [0, 0.05) is 5.56 Å². The average Bonchev–Trinajstić information content (AvgIpc) is 2.97. The van der Waals surface area contributed by atoms with Crippen LogP contribution in [0, 0.1) is 18.6 Å². The Kier molecular flexibility index (Phi) is 7.66. The summed E-state index contributed by atoms with van der Waals surface area (Å²) in [4.78, 5) is 17.2. The minimum absolute atomic E-state index is 0.151. The van der Waals surface area contributed by atoms with Crippen molar-refractivity contribution in [2.45, 2.75) is 57.7 Å². The quantitative estimate of drug-likeness (QED) is 0.527. The smallest absolute Gasteiger partial charge is 0.410 e. The monoisotopic (exact) mass is 548 g/mol. The van der Waals surface area contributed by atoms with E-state index in [9.17, 15) is 26.4 Å². The lowest BCUT2D eigenvalue weighted by atomic mass is 9.98. The zero-order valence-electron chi connectivity index (χ0n) is 20.8. The van der Waals surface area contributed by atoms with Crippen LogP contribution in [0.5, 0.6) is 11.6 Å². The molecule has 1 aromatic carbocycles. The van der Waals surface area contributed by atoms with Gasteiger partial charge in [0.15, 0.2) is 23.2 Å². The number of aryl methyl sites for hydroxylation is 1. The number of anilines is 1. The lowest BCUT2D eigenvalue weighted by Crippen LogP contribution is -2.52. The minimum Gasteiger partial charge on any atom is -0.444 e. The average molecular weight is 549 g/mol. The number of ether oxygens (including phenoxy) is 2. The molecule has 0 unspecified atom stereocenters. The Labute approximate surface area is 212 Å². The molecule has 3 N–H and O–H groups in total. The molecule has 204 valence electrons. The predicted octanol–water partition coefficient (Wildman–Crippen LogP) is 3.76. The van der Waals surface area contributed by atoms with E-state index in [-0.39, 0.29) is 22.8 Å². The van der Waals surface area contributed by atoms with Crippen LogP contribution in [0.25, 0.3) is 0 Å². The maximum absolute atomic E-state index is 15.5. The number of carbonyl (C=O) groups is 1. The fourth-order valence-electron chi connectivity index (χ4n) is 3.85.